The number of benzene rings is 2. The van der Waals surface area contributed by atoms with Crippen LogP contribution in [-0.4, -0.2) is 28.5 Å². The molecule has 0 spiro atoms. The van der Waals surface area contributed by atoms with Gasteiger partial charge in [-0.15, -0.1) is 10.2 Å². The molecule has 1 heterocycles. The van der Waals surface area contributed by atoms with Crippen LogP contribution in [0.2, 0.25) is 0 Å². The van der Waals surface area contributed by atoms with Gasteiger partial charge in [0.2, 0.25) is 5.95 Å². The lowest BCUT2D eigenvalue weighted by Crippen LogP contribution is -2.15. The summed E-state index contributed by atoms with van der Waals surface area (Å²) in [7, 11) is 1.58. The quantitative estimate of drug-likeness (QED) is 0.429. The van der Waals surface area contributed by atoms with E-state index in [0.717, 1.165) is 15.6 Å². The first kappa shape index (κ1) is 19.6. The van der Waals surface area contributed by atoms with Gasteiger partial charge < -0.3 is 9.47 Å². The van der Waals surface area contributed by atoms with Gasteiger partial charge in [0.1, 0.15) is 12.3 Å². The summed E-state index contributed by atoms with van der Waals surface area (Å²) < 4.78 is 12.3. The molecular weight excluding hydrogens is 426 g/mol. The number of nitrogens with zero attached hydrogens (tertiary/aromatic N) is 3. The summed E-state index contributed by atoms with van der Waals surface area (Å²) in [5.41, 5.74) is 4.43. The van der Waals surface area contributed by atoms with Crippen molar-refractivity contribution in [2.24, 2.45) is 5.10 Å². The minimum Gasteiger partial charge on any atom is -0.493 e. The molecule has 0 atom stereocenters. The Hall–Kier alpha value is -3.20. The molecule has 0 fully saturated rings. The third kappa shape index (κ3) is 5.17. The first-order valence-electron chi connectivity index (χ1n) is 8.33. The van der Waals surface area contributed by atoms with E-state index >= 15 is 0 Å². The van der Waals surface area contributed by atoms with Crippen LogP contribution in [0.3, 0.4) is 0 Å². The lowest BCUT2D eigenvalue weighted by molar-refractivity contribution is 0.284. The van der Waals surface area contributed by atoms with Gasteiger partial charge in [0, 0.05) is 4.47 Å². The van der Waals surface area contributed by atoms with Crippen LogP contribution in [0, 0.1) is 6.92 Å². The highest BCUT2D eigenvalue weighted by Gasteiger charge is 2.06. The van der Waals surface area contributed by atoms with Crippen LogP contribution in [0.25, 0.3) is 0 Å². The highest BCUT2D eigenvalue weighted by Crippen LogP contribution is 2.28. The van der Waals surface area contributed by atoms with E-state index in [1.54, 1.807) is 26.3 Å². The minimum atomic E-state index is -0.318. The normalized spacial score (nSPS) is 10.8. The fraction of sp³-hybridized carbons (Fsp3) is 0.158. The van der Waals surface area contributed by atoms with E-state index in [-0.39, 0.29) is 17.2 Å². The summed E-state index contributed by atoms with van der Waals surface area (Å²) in [6.45, 7) is 2.00. The number of anilines is 1. The van der Waals surface area contributed by atoms with Gasteiger partial charge in [-0.3, -0.25) is 9.78 Å². The molecule has 0 aliphatic carbocycles. The zero-order valence-corrected chi connectivity index (χ0v) is 16.9. The number of H-pyrrole nitrogens is 1. The summed E-state index contributed by atoms with van der Waals surface area (Å²) in [5, 5.41) is 11.6. The van der Waals surface area contributed by atoms with Crippen LogP contribution in [0.5, 0.6) is 11.5 Å². The summed E-state index contributed by atoms with van der Waals surface area (Å²) in [6.07, 6.45) is 1.57. The standard InChI is InChI=1S/C19H18BrN5O3/c1-12-18(26)22-19(25-23-12)24-21-10-14-5-8-16(17(9-14)27-2)28-11-13-3-6-15(20)7-4-13/h3-10H,11H2,1-2H3,(H2,22,24,25,26)/b21-10+. The van der Waals surface area contributed by atoms with Gasteiger partial charge in [-0.25, -0.2) is 5.43 Å². The van der Waals surface area contributed by atoms with Crippen molar-refractivity contribution >= 4 is 28.1 Å². The third-order valence-electron chi connectivity index (χ3n) is 3.74. The van der Waals surface area contributed by atoms with Crippen molar-refractivity contribution in [1.82, 2.24) is 15.2 Å². The minimum absolute atomic E-state index is 0.160. The second kappa shape index (κ2) is 9.14. The largest absolute Gasteiger partial charge is 0.493 e. The van der Waals surface area contributed by atoms with E-state index in [1.807, 2.05) is 36.4 Å². The number of methoxy groups -OCH3 is 1. The molecule has 2 N–H and O–H groups in total. The maximum atomic E-state index is 11.5. The fourth-order valence-corrected chi connectivity index (χ4v) is 2.50. The number of hydrogen-bond acceptors (Lipinski definition) is 7. The maximum Gasteiger partial charge on any atom is 0.274 e. The average molecular weight is 444 g/mol. The summed E-state index contributed by atoms with van der Waals surface area (Å²) in [6, 6.07) is 13.4. The molecule has 0 unspecified atom stereocenters. The van der Waals surface area contributed by atoms with Crippen molar-refractivity contribution in [1.29, 1.82) is 0 Å². The van der Waals surface area contributed by atoms with Crippen molar-refractivity contribution < 1.29 is 9.47 Å². The van der Waals surface area contributed by atoms with E-state index in [1.165, 1.54) is 0 Å². The topological polar surface area (TPSA) is 101 Å². The van der Waals surface area contributed by atoms with Gasteiger partial charge in [0.05, 0.1) is 13.3 Å². The molecule has 3 aromatic rings. The predicted octanol–water partition coefficient (Wildman–Crippen LogP) is 3.27. The van der Waals surface area contributed by atoms with E-state index in [0.29, 0.717) is 18.1 Å². The molecule has 0 saturated carbocycles. The number of hydrogen-bond donors (Lipinski definition) is 2. The molecule has 144 valence electrons. The number of aromatic amines is 1. The van der Waals surface area contributed by atoms with E-state index in [4.69, 9.17) is 9.47 Å². The van der Waals surface area contributed by atoms with Crippen LogP contribution in [0.1, 0.15) is 16.8 Å². The number of ether oxygens (including phenoxy) is 2. The molecule has 8 nitrogen and oxygen atoms in total. The Balaban J connectivity index is 1.65. The summed E-state index contributed by atoms with van der Waals surface area (Å²) in [4.78, 5) is 14.0. The van der Waals surface area contributed by atoms with Gasteiger partial charge >= 0.3 is 0 Å². The smallest absolute Gasteiger partial charge is 0.274 e. The lowest BCUT2D eigenvalue weighted by atomic mass is 10.2. The van der Waals surface area contributed by atoms with E-state index < -0.39 is 0 Å². The highest BCUT2D eigenvalue weighted by atomic mass is 79.9. The van der Waals surface area contributed by atoms with Gasteiger partial charge in [-0.1, -0.05) is 28.1 Å². The van der Waals surface area contributed by atoms with Crippen LogP contribution < -0.4 is 20.5 Å². The van der Waals surface area contributed by atoms with Crippen molar-refractivity contribution in [3.8, 4) is 11.5 Å². The molecule has 0 amide bonds. The molecule has 28 heavy (non-hydrogen) atoms. The average Bonchev–Trinajstić information content (AvgIpc) is 2.70. The number of rotatable bonds is 7. The molecule has 0 saturated heterocycles. The first-order chi connectivity index (χ1) is 13.5. The number of halogens is 1. The fourth-order valence-electron chi connectivity index (χ4n) is 2.24. The first-order valence-corrected chi connectivity index (χ1v) is 9.12. The van der Waals surface area contributed by atoms with Crippen molar-refractivity contribution in [3.05, 3.63) is 74.1 Å². The number of aromatic nitrogens is 3. The Morgan fingerprint density at radius 2 is 1.96 bits per heavy atom. The number of aryl methyl sites for hydroxylation is 1. The van der Waals surface area contributed by atoms with Gasteiger partial charge in [-0.05, 0) is 48.4 Å². The molecule has 0 aliphatic rings. The van der Waals surface area contributed by atoms with Crippen LogP contribution >= 0.6 is 15.9 Å². The Morgan fingerprint density at radius 1 is 1.18 bits per heavy atom. The van der Waals surface area contributed by atoms with Gasteiger partial charge in [0.15, 0.2) is 11.5 Å². The second-order valence-electron chi connectivity index (χ2n) is 5.78. The van der Waals surface area contributed by atoms with Crippen molar-refractivity contribution in [3.63, 3.8) is 0 Å². The maximum absolute atomic E-state index is 11.5. The van der Waals surface area contributed by atoms with Gasteiger partial charge in [0.25, 0.3) is 5.56 Å². The zero-order valence-electron chi connectivity index (χ0n) is 15.3. The third-order valence-corrected chi connectivity index (χ3v) is 4.27. The lowest BCUT2D eigenvalue weighted by Gasteiger charge is -2.11. The summed E-state index contributed by atoms with van der Waals surface area (Å²) >= 11 is 3.41. The molecule has 9 heteroatoms. The monoisotopic (exact) mass is 443 g/mol. The second-order valence-corrected chi connectivity index (χ2v) is 6.70. The SMILES string of the molecule is COc1cc(/C=N/Nc2nnc(C)c(=O)[nH]2)ccc1OCc1ccc(Br)cc1. The Kier molecular flexibility index (Phi) is 6.38. The van der Waals surface area contributed by atoms with E-state index in [2.05, 4.69) is 41.6 Å². The molecule has 1 aromatic heterocycles. The number of nitrogens with one attached hydrogen (secondary N) is 2. The van der Waals surface area contributed by atoms with E-state index in [9.17, 15) is 4.79 Å². The highest BCUT2D eigenvalue weighted by molar-refractivity contribution is 9.10. The Bertz CT molecular complexity index is 1030. The Labute approximate surface area is 169 Å². The van der Waals surface area contributed by atoms with Crippen LogP contribution in [0.4, 0.5) is 5.95 Å². The summed E-state index contributed by atoms with van der Waals surface area (Å²) in [5.74, 6) is 1.38. The molecule has 2 aromatic carbocycles. The van der Waals surface area contributed by atoms with Crippen LogP contribution in [-0.2, 0) is 6.61 Å². The molecule has 0 radical (unpaired) electrons. The number of hydrazone groups is 1. The zero-order chi connectivity index (χ0) is 19.9. The van der Waals surface area contributed by atoms with Gasteiger partial charge in [-0.2, -0.15) is 5.10 Å². The molecular formula is C19H18BrN5O3. The molecule has 0 aliphatic heterocycles. The van der Waals surface area contributed by atoms with Crippen molar-refractivity contribution in [2.45, 2.75) is 13.5 Å². The predicted molar refractivity (Wildman–Crippen MR) is 110 cm³/mol. The molecule has 3 rings (SSSR count). The van der Waals surface area contributed by atoms with Crippen LogP contribution in [0.15, 0.2) is 56.8 Å². The van der Waals surface area contributed by atoms with Crippen molar-refractivity contribution in [2.75, 3.05) is 12.5 Å². The molecule has 0 bridgehead atoms. The Morgan fingerprint density at radius 3 is 2.68 bits per heavy atom.